The number of nitrogens with zero attached hydrogens (tertiary/aromatic N) is 4. The molecule has 0 saturated heterocycles. The third kappa shape index (κ3) is 4.33. The molecule has 3 aromatic rings. The van der Waals surface area contributed by atoms with E-state index in [4.69, 9.17) is 11.6 Å². The van der Waals surface area contributed by atoms with Gasteiger partial charge in [-0.2, -0.15) is 10.2 Å². The molecule has 0 aliphatic rings. The molecule has 1 atom stereocenters. The summed E-state index contributed by atoms with van der Waals surface area (Å²) in [6.45, 7) is 4.98. The first-order chi connectivity index (χ1) is 14.1. The summed E-state index contributed by atoms with van der Waals surface area (Å²) in [6.07, 6.45) is 1.32. The lowest BCUT2D eigenvalue weighted by atomic mass is 10.1. The molecule has 0 radical (unpaired) electrons. The molecule has 1 aromatic carbocycles. The van der Waals surface area contributed by atoms with Crippen LogP contribution in [-0.4, -0.2) is 25.5 Å². The average molecular weight is 444 g/mol. The summed E-state index contributed by atoms with van der Waals surface area (Å²) in [7, 11) is 0. The molecule has 3 rings (SSSR count). The van der Waals surface area contributed by atoms with E-state index < -0.39 is 41.3 Å². The third-order valence-corrected chi connectivity index (χ3v) is 5.15. The van der Waals surface area contributed by atoms with E-state index >= 15 is 0 Å². The second kappa shape index (κ2) is 8.47. The second-order valence-corrected chi connectivity index (χ2v) is 7.28. The summed E-state index contributed by atoms with van der Waals surface area (Å²) in [5, 5.41) is 11.4. The molecule has 1 unspecified atom stereocenters. The van der Waals surface area contributed by atoms with E-state index in [1.165, 1.54) is 12.3 Å². The first-order valence-corrected chi connectivity index (χ1v) is 9.32. The highest BCUT2D eigenvalue weighted by molar-refractivity contribution is 6.31. The first kappa shape index (κ1) is 21.8. The minimum absolute atomic E-state index is 0.121. The van der Waals surface area contributed by atoms with Crippen molar-refractivity contribution in [2.75, 3.05) is 5.32 Å². The van der Waals surface area contributed by atoms with Gasteiger partial charge in [-0.1, -0.05) is 18.5 Å². The highest BCUT2D eigenvalue weighted by atomic mass is 35.5. The average Bonchev–Trinajstić information content (AvgIpc) is 3.23. The molecule has 11 heteroatoms. The topological polar surface area (TPSA) is 64.7 Å². The summed E-state index contributed by atoms with van der Waals surface area (Å²) >= 11 is 6.11. The van der Waals surface area contributed by atoms with E-state index in [-0.39, 0.29) is 24.3 Å². The van der Waals surface area contributed by atoms with Crippen LogP contribution in [0.3, 0.4) is 0 Å². The van der Waals surface area contributed by atoms with Crippen molar-refractivity contribution in [3.63, 3.8) is 0 Å². The molecule has 2 aromatic heterocycles. The molecule has 2 heterocycles. The Morgan fingerprint density at radius 3 is 2.37 bits per heavy atom. The molecule has 0 saturated carbocycles. The van der Waals surface area contributed by atoms with E-state index in [2.05, 4.69) is 15.5 Å². The molecule has 0 aliphatic carbocycles. The lowest BCUT2D eigenvalue weighted by Gasteiger charge is -2.12. The number of aromatic nitrogens is 4. The number of aryl methyl sites for hydroxylation is 1. The molecule has 160 valence electrons. The van der Waals surface area contributed by atoms with Crippen LogP contribution in [0, 0.1) is 43.0 Å². The van der Waals surface area contributed by atoms with Crippen LogP contribution < -0.4 is 5.32 Å². The van der Waals surface area contributed by atoms with Gasteiger partial charge in [-0.15, -0.1) is 0 Å². The number of carbonyl (C=O) groups is 1. The lowest BCUT2D eigenvalue weighted by Crippen LogP contribution is -2.25. The smallest absolute Gasteiger partial charge is 0.230 e. The van der Waals surface area contributed by atoms with Gasteiger partial charge in [0, 0.05) is 18.3 Å². The van der Waals surface area contributed by atoms with Crippen LogP contribution in [0.5, 0.6) is 0 Å². The zero-order chi connectivity index (χ0) is 22.2. The molecule has 0 bridgehead atoms. The SMILES string of the molecule is Cc1nn(CC(C)C(=O)Nc2ccn(Cc3c(F)c(F)cc(F)c3F)n2)c(C)c1Cl. The van der Waals surface area contributed by atoms with Crippen molar-refractivity contribution in [3.05, 3.63) is 63.6 Å². The van der Waals surface area contributed by atoms with Crippen molar-refractivity contribution in [1.82, 2.24) is 19.6 Å². The number of carbonyl (C=O) groups excluding carboxylic acids is 1. The fraction of sp³-hybridized carbons (Fsp3) is 0.316. The Hall–Kier alpha value is -2.88. The van der Waals surface area contributed by atoms with Crippen molar-refractivity contribution in [2.24, 2.45) is 5.92 Å². The third-order valence-electron chi connectivity index (χ3n) is 4.60. The summed E-state index contributed by atoms with van der Waals surface area (Å²) in [4.78, 5) is 12.4. The zero-order valence-corrected chi connectivity index (χ0v) is 17.1. The molecule has 6 nitrogen and oxygen atoms in total. The number of halogens is 5. The minimum atomic E-state index is -1.50. The Bertz CT molecular complexity index is 1080. The molecule has 0 fully saturated rings. The van der Waals surface area contributed by atoms with Crippen LogP contribution in [0.2, 0.25) is 5.02 Å². The van der Waals surface area contributed by atoms with Gasteiger partial charge in [0.2, 0.25) is 5.91 Å². The van der Waals surface area contributed by atoms with Gasteiger partial charge in [-0.25, -0.2) is 17.6 Å². The summed E-state index contributed by atoms with van der Waals surface area (Å²) in [5.74, 6) is -6.71. The van der Waals surface area contributed by atoms with Crippen LogP contribution in [0.15, 0.2) is 18.3 Å². The van der Waals surface area contributed by atoms with Crippen LogP contribution >= 0.6 is 11.6 Å². The number of amides is 1. The van der Waals surface area contributed by atoms with Gasteiger partial charge in [0.05, 0.1) is 41.0 Å². The highest BCUT2D eigenvalue weighted by Gasteiger charge is 2.21. The van der Waals surface area contributed by atoms with Crippen molar-refractivity contribution in [3.8, 4) is 0 Å². The van der Waals surface area contributed by atoms with E-state index in [0.717, 1.165) is 10.4 Å². The standard InChI is InChI=1S/C19H18ClF4N5O/c1-9(7-29-11(3)16(20)10(2)26-29)19(30)25-15-4-5-28(27-15)8-12-17(23)13(21)6-14(22)18(12)24/h4-6,9H,7-8H2,1-3H3,(H,25,27,30). The largest absolute Gasteiger partial charge is 0.309 e. The van der Waals surface area contributed by atoms with Gasteiger partial charge >= 0.3 is 0 Å². The van der Waals surface area contributed by atoms with Gasteiger partial charge in [0.1, 0.15) is 0 Å². The van der Waals surface area contributed by atoms with Crippen molar-refractivity contribution in [1.29, 1.82) is 0 Å². The number of hydrogen-bond donors (Lipinski definition) is 1. The van der Waals surface area contributed by atoms with Crippen molar-refractivity contribution >= 4 is 23.3 Å². The maximum atomic E-state index is 13.8. The van der Waals surface area contributed by atoms with Gasteiger partial charge in [-0.3, -0.25) is 14.2 Å². The van der Waals surface area contributed by atoms with Gasteiger partial charge < -0.3 is 5.32 Å². The van der Waals surface area contributed by atoms with E-state index in [0.29, 0.717) is 10.7 Å². The lowest BCUT2D eigenvalue weighted by molar-refractivity contribution is -0.119. The van der Waals surface area contributed by atoms with Crippen molar-refractivity contribution < 1.29 is 22.4 Å². The minimum Gasteiger partial charge on any atom is -0.309 e. The normalized spacial score (nSPS) is 12.3. The predicted octanol–water partition coefficient (Wildman–Crippen LogP) is 4.23. The van der Waals surface area contributed by atoms with Gasteiger partial charge in [0.25, 0.3) is 0 Å². The molecule has 1 amide bonds. The van der Waals surface area contributed by atoms with Crippen LogP contribution in [0.25, 0.3) is 0 Å². The molecular formula is C19H18ClF4N5O. The number of hydrogen-bond acceptors (Lipinski definition) is 3. The fourth-order valence-electron chi connectivity index (χ4n) is 2.88. The van der Waals surface area contributed by atoms with Gasteiger partial charge in [0.15, 0.2) is 29.1 Å². The number of benzene rings is 1. The molecule has 0 spiro atoms. The Labute approximate surface area is 174 Å². The number of rotatable bonds is 6. The van der Waals surface area contributed by atoms with Crippen molar-refractivity contribution in [2.45, 2.75) is 33.9 Å². The molecule has 30 heavy (non-hydrogen) atoms. The molecule has 0 aliphatic heterocycles. The highest BCUT2D eigenvalue weighted by Crippen LogP contribution is 2.21. The second-order valence-electron chi connectivity index (χ2n) is 6.90. The van der Waals surface area contributed by atoms with Crippen LogP contribution in [0.1, 0.15) is 23.9 Å². The fourth-order valence-corrected chi connectivity index (χ4v) is 3.02. The van der Waals surface area contributed by atoms with Crippen LogP contribution in [-0.2, 0) is 17.9 Å². The Morgan fingerprint density at radius 2 is 1.80 bits per heavy atom. The van der Waals surface area contributed by atoms with Crippen LogP contribution in [0.4, 0.5) is 23.4 Å². The first-order valence-electron chi connectivity index (χ1n) is 8.94. The Kier molecular flexibility index (Phi) is 6.16. The van der Waals surface area contributed by atoms with E-state index in [1.54, 1.807) is 25.5 Å². The van der Waals surface area contributed by atoms with E-state index in [9.17, 15) is 22.4 Å². The molecule has 1 N–H and O–H groups in total. The predicted molar refractivity (Wildman–Crippen MR) is 102 cm³/mol. The Balaban J connectivity index is 1.68. The maximum Gasteiger partial charge on any atom is 0.230 e. The summed E-state index contributed by atoms with van der Waals surface area (Å²) in [6, 6.07) is 1.54. The van der Waals surface area contributed by atoms with Gasteiger partial charge in [-0.05, 0) is 13.8 Å². The number of nitrogens with one attached hydrogen (secondary N) is 1. The zero-order valence-electron chi connectivity index (χ0n) is 16.3. The molecular weight excluding hydrogens is 426 g/mol. The van der Waals surface area contributed by atoms with E-state index in [1.807, 2.05) is 0 Å². The summed E-state index contributed by atoms with van der Waals surface area (Å²) < 4.78 is 57.0. The summed E-state index contributed by atoms with van der Waals surface area (Å²) in [5.41, 5.74) is 0.599. The monoisotopic (exact) mass is 443 g/mol. The maximum absolute atomic E-state index is 13.8. The Morgan fingerprint density at radius 1 is 1.17 bits per heavy atom. The quantitative estimate of drug-likeness (QED) is 0.458. The number of anilines is 1.